The molecule has 8 N–H and O–H groups in total. The van der Waals surface area contributed by atoms with Crippen molar-refractivity contribution in [1.82, 2.24) is 20.4 Å². The van der Waals surface area contributed by atoms with Crippen molar-refractivity contribution >= 4 is 29.6 Å². The molecule has 198 valence electrons. The number of amides is 3. The van der Waals surface area contributed by atoms with E-state index in [4.69, 9.17) is 11.5 Å². The van der Waals surface area contributed by atoms with E-state index < -0.39 is 47.3 Å². The fourth-order valence-corrected chi connectivity index (χ4v) is 5.34. The molecule has 1 saturated heterocycles. The summed E-state index contributed by atoms with van der Waals surface area (Å²) in [5, 5.41) is 28.6. The monoisotopic (exact) mass is 520 g/mol. The van der Waals surface area contributed by atoms with Crippen LogP contribution in [0.3, 0.4) is 0 Å². The van der Waals surface area contributed by atoms with E-state index in [2.05, 4.69) is 20.6 Å². The number of aliphatic hydroxyl groups is 2. The summed E-state index contributed by atoms with van der Waals surface area (Å²) < 4.78 is 0. The first-order chi connectivity index (χ1) is 18.1. The van der Waals surface area contributed by atoms with Gasteiger partial charge in [0.15, 0.2) is 17.6 Å². The molecule has 3 heterocycles. The van der Waals surface area contributed by atoms with E-state index in [1.54, 1.807) is 60.7 Å². The average Bonchev–Trinajstić information content (AvgIpc) is 3.37. The maximum atomic E-state index is 13.2. The molecule has 2 aromatic rings. The van der Waals surface area contributed by atoms with Crippen LogP contribution in [0.15, 0.2) is 70.6 Å². The van der Waals surface area contributed by atoms with Crippen LogP contribution >= 0.6 is 0 Å². The molecule has 2 aromatic carbocycles. The molecule has 38 heavy (non-hydrogen) atoms. The first-order valence-corrected chi connectivity index (χ1v) is 12.0. The highest BCUT2D eigenvalue weighted by molar-refractivity contribution is 6.04. The number of hydrogen-bond acceptors (Lipinski definition) is 11. The van der Waals surface area contributed by atoms with Crippen molar-refractivity contribution in [3.8, 4) is 0 Å². The number of benzene rings is 2. The second-order valence-corrected chi connectivity index (χ2v) is 9.43. The fraction of sp³-hybridized carbons (Fsp3) is 0.320. The minimum Gasteiger partial charge on any atom is -0.370 e. The zero-order chi connectivity index (χ0) is 27.2. The highest BCUT2D eigenvalue weighted by atomic mass is 16.5. The Bertz CT molecular complexity index is 1330. The number of guanidine groups is 2. The van der Waals surface area contributed by atoms with E-state index in [0.29, 0.717) is 11.1 Å². The van der Waals surface area contributed by atoms with E-state index in [1.807, 2.05) is 0 Å². The number of nitrogens with one attached hydrogen (secondary N) is 2. The minimum atomic E-state index is -2.64. The van der Waals surface area contributed by atoms with Crippen molar-refractivity contribution in [2.75, 3.05) is 13.1 Å². The SMILES string of the molecule is CC(=O)N(CC1N=C(N)N2CC(NC(=O)c3ccccc3)C(O)(O)[C@@]23NC(N)=N[C@@H]13)C(=O)c1ccccc1. The van der Waals surface area contributed by atoms with Gasteiger partial charge in [-0.1, -0.05) is 36.4 Å². The number of nitrogens with zero attached hydrogens (tertiary/aromatic N) is 4. The van der Waals surface area contributed by atoms with Gasteiger partial charge in [-0.15, -0.1) is 0 Å². The quantitative estimate of drug-likeness (QED) is 0.245. The average molecular weight is 521 g/mol. The van der Waals surface area contributed by atoms with Gasteiger partial charge in [0.1, 0.15) is 12.1 Å². The predicted molar refractivity (Wildman–Crippen MR) is 136 cm³/mol. The predicted octanol–water partition coefficient (Wildman–Crippen LogP) is -1.85. The van der Waals surface area contributed by atoms with E-state index in [9.17, 15) is 24.6 Å². The van der Waals surface area contributed by atoms with Gasteiger partial charge in [0, 0.05) is 24.6 Å². The van der Waals surface area contributed by atoms with Crippen LogP contribution in [0, 0.1) is 0 Å². The maximum Gasteiger partial charge on any atom is 0.260 e. The number of aliphatic imine (C=N–C) groups is 2. The Hall–Kier alpha value is -4.49. The Kier molecular flexibility index (Phi) is 6.04. The molecular formula is C25H28N8O5. The van der Waals surface area contributed by atoms with Crippen LogP contribution in [0.25, 0.3) is 0 Å². The molecule has 1 spiro atoms. The van der Waals surface area contributed by atoms with Crippen LogP contribution in [-0.2, 0) is 4.79 Å². The number of imide groups is 1. The molecular weight excluding hydrogens is 492 g/mol. The van der Waals surface area contributed by atoms with Crippen LogP contribution < -0.4 is 22.1 Å². The Morgan fingerprint density at radius 1 is 1.05 bits per heavy atom. The first-order valence-electron chi connectivity index (χ1n) is 12.0. The van der Waals surface area contributed by atoms with E-state index >= 15 is 0 Å². The molecule has 0 saturated carbocycles. The molecule has 2 unspecified atom stereocenters. The molecule has 0 aromatic heterocycles. The van der Waals surface area contributed by atoms with Crippen molar-refractivity contribution < 1.29 is 24.6 Å². The molecule has 0 aliphatic carbocycles. The first kappa shape index (κ1) is 25.2. The number of hydrogen-bond donors (Lipinski definition) is 6. The third-order valence-electron chi connectivity index (χ3n) is 7.16. The van der Waals surface area contributed by atoms with Crippen molar-refractivity contribution in [3.63, 3.8) is 0 Å². The number of carbonyl (C=O) groups is 3. The molecule has 3 aliphatic rings. The van der Waals surface area contributed by atoms with Gasteiger partial charge < -0.3 is 37.2 Å². The summed E-state index contributed by atoms with van der Waals surface area (Å²) in [5.41, 5.74) is 11.1. The molecule has 4 atom stereocenters. The Morgan fingerprint density at radius 3 is 2.26 bits per heavy atom. The topological polar surface area (TPSA) is 199 Å². The zero-order valence-corrected chi connectivity index (χ0v) is 20.5. The highest BCUT2D eigenvalue weighted by Gasteiger charge is 2.73. The van der Waals surface area contributed by atoms with Crippen molar-refractivity contribution in [2.45, 2.75) is 36.5 Å². The van der Waals surface area contributed by atoms with Gasteiger partial charge in [-0.05, 0) is 24.3 Å². The van der Waals surface area contributed by atoms with E-state index in [-0.39, 0.29) is 25.0 Å². The molecule has 13 heteroatoms. The standard InChI is InChI=1S/C25H28N8O5/c1-14(34)32(21(36)16-10-6-3-7-11-16)12-17-19-24(31-22(26)30-19)25(37,38)18(13-33(24)23(27)28-17)29-20(35)15-8-4-2-5-9-15/h2-11,17-19,37-38H,12-13H2,1H3,(H2,27,28)(H,29,35)(H3,26,30,31)/t17?,18?,19-,24-/m0/s1. The van der Waals surface area contributed by atoms with Crippen molar-refractivity contribution in [2.24, 2.45) is 21.5 Å². The summed E-state index contributed by atoms with van der Waals surface area (Å²) in [7, 11) is 0. The minimum absolute atomic E-state index is 0.0942. The van der Waals surface area contributed by atoms with Gasteiger partial charge in [-0.25, -0.2) is 9.98 Å². The summed E-state index contributed by atoms with van der Waals surface area (Å²) in [6.07, 6.45) is 0. The second-order valence-electron chi connectivity index (χ2n) is 9.43. The summed E-state index contributed by atoms with van der Waals surface area (Å²) in [6, 6.07) is 13.3. The van der Waals surface area contributed by atoms with Gasteiger partial charge in [-0.3, -0.25) is 19.3 Å². The van der Waals surface area contributed by atoms with Gasteiger partial charge in [0.2, 0.25) is 11.7 Å². The Balaban J connectivity index is 1.47. The van der Waals surface area contributed by atoms with Gasteiger partial charge in [0.25, 0.3) is 11.8 Å². The molecule has 1 fully saturated rings. The van der Waals surface area contributed by atoms with Crippen LogP contribution in [0.1, 0.15) is 27.6 Å². The van der Waals surface area contributed by atoms with Gasteiger partial charge in [0.05, 0.1) is 12.6 Å². The summed E-state index contributed by atoms with van der Waals surface area (Å²) in [5.74, 6) is -4.46. The Labute approximate surface area is 217 Å². The molecule has 3 aliphatic heterocycles. The van der Waals surface area contributed by atoms with E-state index in [1.165, 1.54) is 11.8 Å². The molecule has 0 radical (unpaired) electrons. The lowest BCUT2D eigenvalue weighted by atomic mass is 9.84. The summed E-state index contributed by atoms with van der Waals surface area (Å²) >= 11 is 0. The molecule has 5 rings (SSSR count). The lowest BCUT2D eigenvalue weighted by Crippen LogP contribution is -2.78. The highest BCUT2D eigenvalue weighted by Crippen LogP contribution is 2.45. The maximum absolute atomic E-state index is 13.2. The second kappa shape index (κ2) is 9.11. The number of carbonyl (C=O) groups excluding carboxylic acids is 3. The smallest absolute Gasteiger partial charge is 0.260 e. The van der Waals surface area contributed by atoms with Crippen LogP contribution in [0.2, 0.25) is 0 Å². The van der Waals surface area contributed by atoms with Crippen LogP contribution in [0.5, 0.6) is 0 Å². The third kappa shape index (κ3) is 3.83. The van der Waals surface area contributed by atoms with Crippen molar-refractivity contribution in [3.05, 3.63) is 71.8 Å². The normalized spacial score (nSPS) is 26.8. The van der Waals surface area contributed by atoms with Gasteiger partial charge >= 0.3 is 0 Å². The van der Waals surface area contributed by atoms with Crippen LogP contribution in [-0.4, -0.2) is 92.3 Å². The summed E-state index contributed by atoms with van der Waals surface area (Å²) in [4.78, 5) is 49.8. The molecule has 13 nitrogen and oxygen atoms in total. The fourth-order valence-electron chi connectivity index (χ4n) is 5.34. The largest absolute Gasteiger partial charge is 0.370 e. The summed E-state index contributed by atoms with van der Waals surface area (Å²) in [6.45, 7) is 0.870. The molecule has 3 amide bonds. The van der Waals surface area contributed by atoms with Crippen molar-refractivity contribution in [1.29, 1.82) is 0 Å². The molecule has 0 bridgehead atoms. The lowest BCUT2D eigenvalue weighted by molar-refractivity contribution is -0.230. The third-order valence-corrected chi connectivity index (χ3v) is 7.16. The zero-order valence-electron chi connectivity index (χ0n) is 20.5. The Morgan fingerprint density at radius 2 is 1.66 bits per heavy atom. The number of rotatable bonds is 5. The van der Waals surface area contributed by atoms with E-state index in [0.717, 1.165) is 4.90 Å². The number of nitrogens with two attached hydrogens (primary N) is 2. The van der Waals surface area contributed by atoms with Crippen LogP contribution in [0.4, 0.5) is 0 Å². The lowest BCUT2D eigenvalue weighted by Gasteiger charge is -2.49. The van der Waals surface area contributed by atoms with Gasteiger partial charge in [-0.2, -0.15) is 0 Å².